The van der Waals surface area contributed by atoms with Gasteiger partial charge < -0.3 is 5.11 Å². The van der Waals surface area contributed by atoms with E-state index in [2.05, 4.69) is 0 Å². The number of aromatic carboxylic acids is 1. The first-order valence-electron chi connectivity index (χ1n) is 4.97. The third-order valence-corrected chi connectivity index (χ3v) is 2.44. The summed E-state index contributed by atoms with van der Waals surface area (Å²) in [4.78, 5) is 11.0. The van der Waals surface area contributed by atoms with Crippen molar-refractivity contribution in [3.05, 3.63) is 59.4 Å². The minimum atomic E-state index is -1.34. The number of hydrogen-bond donors (Lipinski definition) is 1. The molecule has 0 radical (unpaired) electrons. The van der Waals surface area contributed by atoms with E-state index < -0.39 is 23.4 Å². The topological polar surface area (TPSA) is 37.3 Å². The van der Waals surface area contributed by atoms with Crippen molar-refractivity contribution in [3.8, 4) is 11.1 Å². The van der Waals surface area contributed by atoms with E-state index in [1.54, 1.807) is 0 Å². The minimum absolute atomic E-state index is 0.128. The molecule has 0 atom stereocenters. The molecule has 5 heteroatoms. The van der Waals surface area contributed by atoms with Gasteiger partial charge in [-0.15, -0.1) is 0 Å². The molecule has 0 amide bonds. The molecule has 2 aromatic rings. The van der Waals surface area contributed by atoms with E-state index in [1.807, 2.05) is 0 Å². The Morgan fingerprint density at radius 3 is 2.28 bits per heavy atom. The summed E-state index contributed by atoms with van der Waals surface area (Å²) >= 11 is 0. The molecule has 2 aromatic carbocycles. The van der Waals surface area contributed by atoms with Crippen molar-refractivity contribution in [1.29, 1.82) is 0 Å². The first-order valence-corrected chi connectivity index (χ1v) is 4.97. The fourth-order valence-electron chi connectivity index (χ4n) is 1.61. The van der Waals surface area contributed by atoms with Crippen LogP contribution < -0.4 is 0 Å². The first-order chi connectivity index (χ1) is 8.49. The van der Waals surface area contributed by atoms with E-state index in [4.69, 9.17) is 5.11 Å². The molecule has 2 rings (SSSR count). The highest BCUT2D eigenvalue weighted by molar-refractivity contribution is 5.96. The lowest BCUT2D eigenvalue weighted by Gasteiger charge is -2.07. The molecule has 0 saturated heterocycles. The molecule has 92 valence electrons. The maximum atomic E-state index is 13.1. The van der Waals surface area contributed by atoms with Gasteiger partial charge in [0, 0.05) is 0 Å². The Labute approximate surface area is 100 Å². The monoisotopic (exact) mass is 252 g/mol. The van der Waals surface area contributed by atoms with E-state index in [0.29, 0.717) is 0 Å². The van der Waals surface area contributed by atoms with Crippen LogP contribution in [-0.4, -0.2) is 11.1 Å². The zero-order valence-corrected chi connectivity index (χ0v) is 8.95. The van der Waals surface area contributed by atoms with E-state index >= 15 is 0 Å². The van der Waals surface area contributed by atoms with Crippen LogP contribution in [0.2, 0.25) is 0 Å². The maximum Gasteiger partial charge on any atom is 0.336 e. The van der Waals surface area contributed by atoms with Crippen LogP contribution in [0.3, 0.4) is 0 Å². The predicted molar refractivity (Wildman–Crippen MR) is 58.7 cm³/mol. The number of hydrogen-bond acceptors (Lipinski definition) is 1. The molecule has 0 spiro atoms. The number of carboxylic acid groups (broad SMARTS) is 1. The largest absolute Gasteiger partial charge is 0.478 e. The fourth-order valence-corrected chi connectivity index (χ4v) is 1.61. The van der Waals surface area contributed by atoms with Crippen molar-refractivity contribution in [2.45, 2.75) is 0 Å². The summed E-state index contributed by atoms with van der Waals surface area (Å²) < 4.78 is 38.8. The van der Waals surface area contributed by atoms with Crippen molar-refractivity contribution in [2.75, 3.05) is 0 Å². The highest BCUT2D eigenvalue weighted by Gasteiger charge is 2.14. The summed E-state index contributed by atoms with van der Waals surface area (Å²) in [6.45, 7) is 0. The molecular weight excluding hydrogens is 245 g/mol. The van der Waals surface area contributed by atoms with Crippen LogP contribution in [0.4, 0.5) is 13.2 Å². The maximum absolute atomic E-state index is 13.1. The average molecular weight is 252 g/mol. The van der Waals surface area contributed by atoms with Gasteiger partial charge in [0.25, 0.3) is 0 Å². The molecule has 0 unspecified atom stereocenters. The molecule has 1 N–H and O–H groups in total. The third-order valence-electron chi connectivity index (χ3n) is 2.44. The summed E-state index contributed by atoms with van der Waals surface area (Å²) in [6, 6.07) is 6.10. The van der Waals surface area contributed by atoms with E-state index in [0.717, 1.165) is 24.3 Å². The van der Waals surface area contributed by atoms with Crippen molar-refractivity contribution >= 4 is 5.97 Å². The van der Waals surface area contributed by atoms with Crippen molar-refractivity contribution in [2.24, 2.45) is 0 Å². The standard InChI is InChI=1S/C13H7F3O2/c14-8-2-3-9(10(6-8)13(17)18)7-1-4-11(15)12(16)5-7/h1-6H,(H,17,18). The summed E-state index contributed by atoms with van der Waals surface area (Å²) in [5.41, 5.74) is -0.00453. The Balaban J connectivity index is 2.63. The van der Waals surface area contributed by atoms with Gasteiger partial charge >= 0.3 is 5.97 Å². The number of halogens is 3. The van der Waals surface area contributed by atoms with Gasteiger partial charge in [-0.05, 0) is 35.4 Å². The van der Waals surface area contributed by atoms with Crippen molar-refractivity contribution in [1.82, 2.24) is 0 Å². The molecule has 0 bridgehead atoms. The number of carbonyl (C=O) groups is 1. The second-order valence-corrected chi connectivity index (χ2v) is 3.62. The van der Waals surface area contributed by atoms with Gasteiger partial charge in [0.2, 0.25) is 0 Å². The van der Waals surface area contributed by atoms with Crippen LogP contribution in [0.25, 0.3) is 11.1 Å². The molecule has 0 saturated carbocycles. The summed E-state index contributed by atoms with van der Waals surface area (Å²) in [5, 5.41) is 8.94. The summed E-state index contributed by atoms with van der Waals surface area (Å²) in [7, 11) is 0. The second kappa shape index (κ2) is 4.52. The summed E-state index contributed by atoms with van der Waals surface area (Å²) in [6.07, 6.45) is 0. The lowest BCUT2D eigenvalue weighted by atomic mass is 9.99. The zero-order chi connectivity index (χ0) is 13.3. The fraction of sp³-hybridized carbons (Fsp3) is 0. The molecule has 18 heavy (non-hydrogen) atoms. The Kier molecular flexibility index (Phi) is 3.06. The highest BCUT2D eigenvalue weighted by atomic mass is 19.2. The zero-order valence-electron chi connectivity index (χ0n) is 8.95. The van der Waals surface area contributed by atoms with E-state index in [9.17, 15) is 18.0 Å². The summed E-state index contributed by atoms with van der Waals surface area (Å²) in [5.74, 6) is -4.17. The third kappa shape index (κ3) is 2.20. The van der Waals surface area contributed by atoms with Gasteiger partial charge in [-0.3, -0.25) is 0 Å². The Hall–Kier alpha value is -2.30. The highest BCUT2D eigenvalue weighted by Crippen LogP contribution is 2.26. The molecule has 0 heterocycles. The van der Waals surface area contributed by atoms with E-state index in [-0.39, 0.29) is 16.7 Å². The smallest absolute Gasteiger partial charge is 0.336 e. The molecular formula is C13H7F3O2. The first kappa shape index (κ1) is 12.2. The molecule has 0 aliphatic heterocycles. The van der Waals surface area contributed by atoms with Gasteiger partial charge in [-0.1, -0.05) is 12.1 Å². The predicted octanol–water partition coefficient (Wildman–Crippen LogP) is 3.47. The second-order valence-electron chi connectivity index (χ2n) is 3.62. The van der Waals surface area contributed by atoms with E-state index in [1.165, 1.54) is 12.1 Å². The molecule has 2 nitrogen and oxygen atoms in total. The van der Waals surface area contributed by atoms with Gasteiger partial charge in [-0.2, -0.15) is 0 Å². The van der Waals surface area contributed by atoms with Crippen LogP contribution in [0.15, 0.2) is 36.4 Å². The average Bonchev–Trinajstić information content (AvgIpc) is 2.32. The number of carboxylic acids is 1. The molecule has 0 fully saturated rings. The van der Waals surface area contributed by atoms with Crippen molar-refractivity contribution in [3.63, 3.8) is 0 Å². The lowest BCUT2D eigenvalue weighted by Crippen LogP contribution is -2.00. The van der Waals surface area contributed by atoms with Crippen LogP contribution in [0, 0.1) is 17.5 Å². The van der Waals surface area contributed by atoms with Crippen molar-refractivity contribution < 1.29 is 23.1 Å². The van der Waals surface area contributed by atoms with Gasteiger partial charge in [0.1, 0.15) is 5.82 Å². The molecule has 0 aliphatic rings. The van der Waals surface area contributed by atoms with Crippen LogP contribution in [0.5, 0.6) is 0 Å². The van der Waals surface area contributed by atoms with Crippen LogP contribution >= 0.6 is 0 Å². The SMILES string of the molecule is O=C(O)c1cc(F)ccc1-c1ccc(F)c(F)c1. The Bertz CT molecular complexity index is 624. The number of rotatable bonds is 2. The number of benzene rings is 2. The van der Waals surface area contributed by atoms with Gasteiger partial charge in [0.05, 0.1) is 5.56 Å². The van der Waals surface area contributed by atoms with Gasteiger partial charge in [0.15, 0.2) is 11.6 Å². The molecule has 0 aromatic heterocycles. The van der Waals surface area contributed by atoms with Gasteiger partial charge in [-0.25, -0.2) is 18.0 Å². The minimum Gasteiger partial charge on any atom is -0.478 e. The normalized spacial score (nSPS) is 10.4. The molecule has 0 aliphatic carbocycles. The van der Waals surface area contributed by atoms with Crippen LogP contribution in [-0.2, 0) is 0 Å². The van der Waals surface area contributed by atoms with Crippen LogP contribution in [0.1, 0.15) is 10.4 Å². The Morgan fingerprint density at radius 1 is 0.944 bits per heavy atom. The Morgan fingerprint density at radius 2 is 1.67 bits per heavy atom. The lowest BCUT2D eigenvalue weighted by molar-refractivity contribution is 0.0697. The quantitative estimate of drug-likeness (QED) is 0.888.